The van der Waals surface area contributed by atoms with E-state index >= 15 is 0 Å². The molecule has 3 rings (SSSR count). The van der Waals surface area contributed by atoms with Gasteiger partial charge in [0.05, 0.1) is 12.2 Å². The van der Waals surface area contributed by atoms with Crippen LogP contribution < -0.4 is 10.1 Å². The van der Waals surface area contributed by atoms with Crippen molar-refractivity contribution in [1.29, 1.82) is 0 Å². The van der Waals surface area contributed by atoms with Gasteiger partial charge in [-0.3, -0.25) is 14.4 Å². The summed E-state index contributed by atoms with van der Waals surface area (Å²) in [5.74, 6) is -1.59. The van der Waals surface area contributed by atoms with Crippen molar-refractivity contribution in [3.05, 3.63) is 48.4 Å². The standard InChI is InChI=1S/C20H22N2O6/c1-13(20(25)26)11-22(15-7-8-15)18(23)12-28-16-5-2-4-14(10-16)21-19(24)17-6-3-9-27-17/h2-6,9-10,13,15H,7-8,11-12H2,1H3,(H,21,24)(H,25,26). The Morgan fingerprint density at radius 1 is 1.29 bits per heavy atom. The van der Waals surface area contributed by atoms with Gasteiger partial charge in [0.2, 0.25) is 0 Å². The number of carbonyl (C=O) groups excluding carboxylic acids is 2. The fourth-order valence-corrected chi connectivity index (χ4v) is 2.71. The third-order valence-electron chi connectivity index (χ3n) is 4.40. The van der Waals surface area contributed by atoms with Crippen LogP contribution in [0.5, 0.6) is 5.75 Å². The molecular formula is C20H22N2O6. The molecule has 0 saturated heterocycles. The van der Waals surface area contributed by atoms with Crippen molar-refractivity contribution in [2.45, 2.75) is 25.8 Å². The van der Waals surface area contributed by atoms with E-state index in [0.29, 0.717) is 11.4 Å². The maximum atomic E-state index is 12.5. The second-order valence-corrected chi connectivity index (χ2v) is 6.76. The van der Waals surface area contributed by atoms with E-state index < -0.39 is 11.9 Å². The van der Waals surface area contributed by atoms with Gasteiger partial charge in [-0.05, 0) is 37.1 Å². The van der Waals surface area contributed by atoms with Gasteiger partial charge in [-0.15, -0.1) is 0 Å². The highest BCUT2D eigenvalue weighted by molar-refractivity contribution is 6.02. The minimum atomic E-state index is -0.931. The molecule has 1 aliphatic carbocycles. The van der Waals surface area contributed by atoms with E-state index in [1.54, 1.807) is 48.2 Å². The van der Waals surface area contributed by atoms with E-state index in [0.717, 1.165) is 12.8 Å². The molecule has 0 aliphatic heterocycles. The molecule has 1 aromatic heterocycles. The zero-order valence-electron chi connectivity index (χ0n) is 15.5. The van der Waals surface area contributed by atoms with Gasteiger partial charge in [-0.2, -0.15) is 0 Å². The number of anilines is 1. The van der Waals surface area contributed by atoms with Crippen molar-refractivity contribution < 1.29 is 28.6 Å². The zero-order chi connectivity index (χ0) is 20.1. The van der Waals surface area contributed by atoms with E-state index in [2.05, 4.69) is 5.32 Å². The summed E-state index contributed by atoms with van der Waals surface area (Å²) < 4.78 is 10.6. The topological polar surface area (TPSA) is 109 Å². The lowest BCUT2D eigenvalue weighted by Gasteiger charge is -2.24. The van der Waals surface area contributed by atoms with Crippen molar-refractivity contribution in [2.75, 3.05) is 18.5 Å². The summed E-state index contributed by atoms with van der Waals surface area (Å²) in [5, 5.41) is 11.8. The Hall–Kier alpha value is -3.29. The second kappa shape index (κ2) is 8.60. The smallest absolute Gasteiger partial charge is 0.308 e. The van der Waals surface area contributed by atoms with Gasteiger partial charge < -0.3 is 24.5 Å². The average molecular weight is 386 g/mol. The average Bonchev–Trinajstić information content (AvgIpc) is 3.36. The van der Waals surface area contributed by atoms with Crippen molar-refractivity contribution in [3.8, 4) is 5.75 Å². The first kappa shape index (κ1) is 19.5. The van der Waals surface area contributed by atoms with Gasteiger partial charge in [-0.25, -0.2) is 0 Å². The molecule has 0 bridgehead atoms. The van der Waals surface area contributed by atoms with Gasteiger partial charge >= 0.3 is 5.97 Å². The van der Waals surface area contributed by atoms with Crippen LogP contribution in [-0.4, -0.2) is 47.0 Å². The first-order valence-electron chi connectivity index (χ1n) is 9.04. The summed E-state index contributed by atoms with van der Waals surface area (Å²) in [4.78, 5) is 37.2. The molecule has 28 heavy (non-hydrogen) atoms. The predicted octanol–water partition coefficient (Wildman–Crippen LogP) is 2.62. The normalized spacial score (nSPS) is 14.2. The van der Waals surface area contributed by atoms with Crippen molar-refractivity contribution in [1.82, 2.24) is 4.90 Å². The van der Waals surface area contributed by atoms with E-state index in [4.69, 9.17) is 14.3 Å². The molecule has 1 atom stereocenters. The van der Waals surface area contributed by atoms with Crippen LogP contribution in [0.2, 0.25) is 0 Å². The molecule has 2 aromatic rings. The Bertz CT molecular complexity index is 844. The van der Waals surface area contributed by atoms with Crippen LogP contribution in [0.1, 0.15) is 30.3 Å². The summed E-state index contributed by atoms with van der Waals surface area (Å²) in [5.41, 5.74) is 0.505. The van der Waals surface area contributed by atoms with Crippen molar-refractivity contribution in [2.24, 2.45) is 5.92 Å². The molecule has 1 heterocycles. The number of benzene rings is 1. The Morgan fingerprint density at radius 3 is 2.71 bits per heavy atom. The lowest BCUT2D eigenvalue weighted by Crippen LogP contribution is -2.41. The number of furan rings is 1. The highest BCUT2D eigenvalue weighted by Gasteiger charge is 2.34. The van der Waals surface area contributed by atoms with Crippen LogP contribution >= 0.6 is 0 Å². The minimum absolute atomic E-state index is 0.0943. The number of ether oxygens (including phenoxy) is 1. The van der Waals surface area contributed by atoms with Crippen LogP contribution in [0.4, 0.5) is 5.69 Å². The number of aliphatic carboxylic acids is 1. The molecule has 148 valence electrons. The Labute approximate surface area is 162 Å². The molecule has 2 amide bonds. The number of rotatable bonds is 9. The van der Waals surface area contributed by atoms with Crippen molar-refractivity contribution >= 4 is 23.5 Å². The zero-order valence-corrected chi connectivity index (χ0v) is 15.5. The number of hydrogen-bond donors (Lipinski definition) is 2. The predicted molar refractivity (Wildman–Crippen MR) is 100 cm³/mol. The summed E-state index contributed by atoms with van der Waals surface area (Å²) in [6.45, 7) is 1.55. The number of nitrogens with zero attached hydrogens (tertiary/aromatic N) is 1. The SMILES string of the molecule is CC(CN(C(=O)COc1cccc(NC(=O)c2ccco2)c1)C1CC1)C(=O)O. The van der Waals surface area contributed by atoms with Crippen molar-refractivity contribution in [3.63, 3.8) is 0 Å². The van der Waals surface area contributed by atoms with E-state index in [1.807, 2.05) is 0 Å². The summed E-state index contributed by atoms with van der Waals surface area (Å²) in [7, 11) is 0. The van der Waals surface area contributed by atoms with Crippen LogP contribution in [0.25, 0.3) is 0 Å². The van der Waals surface area contributed by atoms with Gasteiger partial charge in [0.15, 0.2) is 12.4 Å². The van der Waals surface area contributed by atoms with Crippen LogP contribution in [0.15, 0.2) is 47.1 Å². The second-order valence-electron chi connectivity index (χ2n) is 6.76. The Balaban J connectivity index is 1.57. The molecule has 8 heteroatoms. The van der Waals surface area contributed by atoms with Gasteiger partial charge in [-0.1, -0.05) is 13.0 Å². The maximum absolute atomic E-state index is 12.5. The monoisotopic (exact) mass is 386 g/mol. The quantitative estimate of drug-likeness (QED) is 0.686. The molecule has 0 radical (unpaired) electrons. The Morgan fingerprint density at radius 2 is 2.07 bits per heavy atom. The largest absolute Gasteiger partial charge is 0.484 e. The highest BCUT2D eigenvalue weighted by Crippen LogP contribution is 2.28. The van der Waals surface area contributed by atoms with Gasteiger partial charge in [0.1, 0.15) is 5.75 Å². The van der Waals surface area contributed by atoms with E-state index in [1.165, 1.54) is 6.26 Å². The third-order valence-corrected chi connectivity index (χ3v) is 4.40. The number of carbonyl (C=O) groups is 3. The molecule has 1 saturated carbocycles. The molecule has 0 spiro atoms. The first-order valence-corrected chi connectivity index (χ1v) is 9.04. The fourth-order valence-electron chi connectivity index (χ4n) is 2.71. The lowest BCUT2D eigenvalue weighted by molar-refractivity contribution is -0.143. The first-order chi connectivity index (χ1) is 13.4. The Kier molecular flexibility index (Phi) is 5.98. The molecule has 1 aromatic carbocycles. The molecule has 1 fully saturated rings. The highest BCUT2D eigenvalue weighted by atomic mass is 16.5. The van der Waals surface area contributed by atoms with E-state index in [9.17, 15) is 14.4 Å². The lowest BCUT2D eigenvalue weighted by atomic mass is 10.1. The molecule has 8 nitrogen and oxygen atoms in total. The molecule has 1 aliphatic rings. The minimum Gasteiger partial charge on any atom is -0.484 e. The van der Waals surface area contributed by atoms with Crippen LogP contribution in [0.3, 0.4) is 0 Å². The number of carboxylic acids is 1. The third kappa shape index (κ3) is 5.12. The summed E-state index contributed by atoms with van der Waals surface area (Å²) >= 11 is 0. The summed E-state index contributed by atoms with van der Waals surface area (Å²) in [6.07, 6.45) is 3.18. The molecule has 1 unspecified atom stereocenters. The fraction of sp³-hybridized carbons (Fsp3) is 0.350. The molecular weight excluding hydrogens is 364 g/mol. The number of carboxylic acid groups (broad SMARTS) is 1. The van der Waals surface area contributed by atoms with E-state index in [-0.39, 0.29) is 36.8 Å². The number of hydrogen-bond acceptors (Lipinski definition) is 5. The van der Waals surface area contributed by atoms with Crippen LogP contribution in [0, 0.1) is 5.92 Å². The molecule has 2 N–H and O–H groups in total. The number of nitrogens with one attached hydrogen (secondary N) is 1. The number of amides is 2. The van der Waals surface area contributed by atoms with Gasteiger partial charge in [0, 0.05) is 24.3 Å². The van der Waals surface area contributed by atoms with Gasteiger partial charge in [0.25, 0.3) is 11.8 Å². The maximum Gasteiger partial charge on any atom is 0.308 e. The van der Waals surface area contributed by atoms with Crippen LogP contribution in [-0.2, 0) is 9.59 Å². The summed E-state index contributed by atoms with van der Waals surface area (Å²) in [6, 6.07) is 9.95.